The fourth-order valence-corrected chi connectivity index (χ4v) is 3.07. The Bertz CT molecular complexity index is 744. The van der Waals surface area contributed by atoms with Crippen LogP contribution in [0.4, 0.5) is 0 Å². The van der Waals surface area contributed by atoms with Gasteiger partial charge in [-0.1, -0.05) is 35.0 Å². The summed E-state index contributed by atoms with van der Waals surface area (Å²) in [5, 5.41) is 4.57. The van der Waals surface area contributed by atoms with E-state index in [4.69, 9.17) is 20.9 Å². The van der Waals surface area contributed by atoms with Gasteiger partial charge in [-0.25, -0.2) is 0 Å². The van der Waals surface area contributed by atoms with E-state index in [1.807, 2.05) is 36.1 Å². The van der Waals surface area contributed by atoms with Gasteiger partial charge >= 0.3 is 0 Å². The third kappa shape index (κ3) is 4.60. The lowest BCUT2D eigenvalue weighted by atomic mass is 10.1. The molecule has 2 aromatic rings. The van der Waals surface area contributed by atoms with Crippen LogP contribution in [0.25, 0.3) is 0 Å². The van der Waals surface area contributed by atoms with Crippen molar-refractivity contribution in [3.8, 4) is 0 Å². The summed E-state index contributed by atoms with van der Waals surface area (Å²) in [7, 11) is 1.61. The van der Waals surface area contributed by atoms with Crippen molar-refractivity contribution < 1.29 is 14.1 Å². The Hall–Kier alpha value is -1.96. The zero-order valence-electron chi connectivity index (χ0n) is 15.0. The number of piperazine rings is 1. The van der Waals surface area contributed by atoms with Crippen molar-refractivity contribution in [3.05, 3.63) is 46.6 Å². The fourth-order valence-electron chi connectivity index (χ4n) is 2.87. The topological polar surface area (TPSA) is 71.7 Å². The lowest BCUT2D eigenvalue weighted by Gasteiger charge is -2.34. The van der Waals surface area contributed by atoms with Gasteiger partial charge < -0.3 is 14.2 Å². The molecule has 3 rings (SSSR count). The van der Waals surface area contributed by atoms with E-state index in [0.29, 0.717) is 42.8 Å². The van der Waals surface area contributed by atoms with Crippen LogP contribution in [-0.4, -0.2) is 59.1 Å². The highest BCUT2D eigenvalue weighted by Gasteiger charge is 2.23. The van der Waals surface area contributed by atoms with Gasteiger partial charge in [0.1, 0.15) is 6.10 Å². The minimum atomic E-state index is -0.188. The van der Waals surface area contributed by atoms with Crippen LogP contribution in [0.2, 0.25) is 5.02 Å². The van der Waals surface area contributed by atoms with Gasteiger partial charge in [-0.05, 0) is 18.6 Å². The number of hydrogen-bond acceptors (Lipinski definition) is 6. The Morgan fingerprint density at radius 2 is 2.04 bits per heavy atom. The molecule has 0 saturated carbocycles. The van der Waals surface area contributed by atoms with Gasteiger partial charge in [-0.2, -0.15) is 4.98 Å². The number of nitrogens with zero attached hydrogens (tertiary/aromatic N) is 4. The molecule has 0 radical (unpaired) electrons. The highest BCUT2D eigenvalue weighted by molar-refractivity contribution is 6.31. The van der Waals surface area contributed by atoms with Crippen molar-refractivity contribution in [1.29, 1.82) is 0 Å². The number of carbonyl (C=O) groups excluding carboxylic acids is 1. The zero-order valence-corrected chi connectivity index (χ0v) is 15.8. The van der Waals surface area contributed by atoms with Crippen LogP contribution < -0.4 is 0 Å². The van der Waals surface area contributed by atoms with E-state index >= 15 is 0 Å². The first-order valence-electron chi connectivity index (χ1n) is 8.65. The summed E-state index contributed by atoms with van der Waals surface area (Å²) < 4.78 is 10.5. The number of rotatable bonds is 6. The molecule has 1 fully saturated rings. The molecule has 8 heteroatoms. The molecule has 1 saturated heterocycles. The molecule has 26 heavy (non-hydrogen) atoms. The number of carbonyl (C=O) groups is 1. The fraction of sp³-hybridized carbons (Fsp3) is 0.500. The molecule has 7 nitrogen and oxygen atoms in total. The standard InChI is InChI=1S/C18H23ClN4O3/c1-13(25-2)18-20-16(26-21-18)12-22-7-9-23(10-8-22)17(24)11-14-5-3-4-6-15(14)19/h3-6,13H,7-12H2,1-2H3. The molecule has 0 bridgehead atoms. The third-order valence-corrected chi connectivity index (χ3v) is 4.95. The van der Waals surface area contributed by atoms with Crippen LogP contribution in [0.15, 0.2) is 28.8 Å². The number of halogens is 1. The Balaban J connectivity index is 1.49. The Morgan fingerprint density at radius 1 is 1.31 bits per heavy atom. The second-order valence-corrected chi connectivity index (χ2v) is 6.76. The van der Waals surface area contributed by atoms with E-state index in [0.717, 1.165) is 18.7 Å². The van der Waals surface area contributed by atoms with E-state index in [1.165, 1.54) is 0 Å². The first-order valence-corrected chi connectivity index (χ1v) is 9.03. The summed E-state index contributed by atoms with van der Waals surface area (Å²) in [4.78, 5) is 20.9. The predicted molar refractivity (Wildman–Crippen MR) is 96.7 cm³/mol. The number of amides is 1. The molecule has 1 amide bonds. The van der Waals surface area contributed by atoms with Gasteiger partial charge in [0.15, 0.2) is 5.82 Å². The third-order valence-electron chi connectivity index (χ3n) is 4.58. The van der Waals surface area contributed by atoms with Crippen LogP contribution in [-0.2, 0) is 22.5 Å². The predicted octanol–water partition coefficient (Wildman–Crippen LogP) is 2.32. The van der Waals surface area contributed by atoms with Crippen molar-refractivity contribution in [3.63, 3.8) is 0 Å². The summed E-state index contributed by atoms with van der Waals surface area (Å²) >= 11 is 6.14. The minimum absolute atomic E-state index is 0.103. The highest BCUT2D eigenvalue weighted by Crippen LogP contribution is 2.17. The molecule has 0 spiro atoms. The highest BCUT2D eigenvalue weighted by atomic mass is 35.5. The van der Waals surface area contributed by atoms with Gasteiger partial charge in [0.05, 0.1) is 13.0 Å². The normalized spacial score (nSPS) is 16.7. The second kappa shape index (κ2) is 8.62. The van der Waals surface area contributed by atoms with Crippen LogP contribution >= 0.6 is 11.6 Å². The summed E-state index contributed by atoms with van der Waals surface area (Å²) in [5.74, 6) is 1.22. The molecular formula is C18H23ClN4O3. The van der Waals surface area contributed by atoms with Crippen LogP contribution in [0.5, 0.6) is 0 Å². The molecule has 1 aliphatic rings. The van der Waals surface area contributed by atoms with Crippen LogP contribution in [0.3, 0.4) is 0 Å². The Labute approximate surface area is 157 Å². The summed E-state index contributed by atoms with van der Waals surface area (Å²) in [6.07, 6.45) is 0.147. The van der Waals surface area contributed by atoms with E-state index < -0.39 is 0 Å². The van der Waals surface area contributed by atoms with Crippen molar-refractivity contribution in [2.24, 2.45) is 0 Å². The van der Waals surface area contributed by atoms with Gasteiger partial charge in [-0.15, -0.1) is 0 Å². The van der Waals surface area contributed by atoms with Crippen LogP contribution in [0.1, 0.15) is 30.3 Å². The van der Waals surface area contributed by atoms with Crippen LogP contribution in [0, 0.1) is 0 Å². The van der Waals surface area contributed by atoms with Gasteiger partial charge in [0, 0.05) is 38.3 Å². The van der Waals surface area contributed by atoms with Crippen molar-refractivity contribution in [2.75, 3.05) is 33.3 Å². The average molecular weight is 379 g/mol. The number of ether oxygens (including phenoxy) is 1. The molecule has 1 unspecified atom stereocenters. The Kier molecular flexibility index (Phi) is 6.24. The van der Waals surface area contributed by atoms with Crippen molar-refractivity contribution in [1.82, 2.24) is 19.9 Å². The second-order valence-electron chi connectivity index (χ2n) is 6.35. The van der Waals surface area contributed by atoms with E-state index in [2.05, 4.69) is 15.0 Å². The van der Waals surface area contributed by atoms with Gasteiger partial charge in [0.2, 0.25) is 11.8 Å². The molecule has 1 aliphatic heterocycles. The molecule has 1 aromatic carbocycles. The van der Waals surface area contributed by atoms with E-state index in [-0.39, 0.29) is 12.0 Å². The number of hydrogen-bond donors (Lipinski definition) is 0. The molecule has 0 aliphatic carbocycles. The molecule has 2 heterocycles. The Morgan fingerprint density at radius 3 is 2.73 bits per heavy atom. The van der Waals surface area contributed by atoms with Gasteiger partial charge in [-0.3, -0.25) is 9.69 Å². The first-order chi connectivity index (χ1) is 12.6. The summed E-state index contributed by atoms with van der Waals surface area (Å²) in [6, 6.07) is 7.47. The van der Waals surface area contributed by atoms with E-state index in [9.17, 15) is 4.79 Å². The summed E-state index contributed by atoms with van der Waals surface area (Å²) in [5.41, 5.74) is 0.868. The zero-order chi connectivity index (χ0) is 18.5. The van der Waals surface area contributed by atoms with E-state index in [1.54, 1.807) is 7.11 Å². The molecule has 0 N–H and O–H groups in total. The molecular weight excluding hydrogens is 356 g/mol. The van der Waals surface area contributed by atoms with Crippen molar-refractivity contribution >= 4 is 17.5 Å². The summed E-state index contributed by atoms with van der Waals surface area (Å²) in [6.45, 7) is 5.35. The van der Waals surface area contributed by atoms with Crippen molar-refractivity contribution in [2.45, 2.75) is 26.0 Å². The lowest BCUT2D eigenvalue weighted by molar-refractivity contribution is -0.132. The number of methoxy groups -OCH3 is 1. The minimum Gasteiger partial charge on any atom is -0.374 e. The van der Waals surface area contributed by atoms with Gasteiger partial charge in [0.25, 0.3) is 0 Å². The maximum absolute atomic E-state index is 12.5. The SMILES string of the molecule is COC(C)c1noc(CN2CCN(C(=O)Cc3ccccc3Cl)CC2)n1. The quantitative estimate of drug-likeness (QED) is 0.768. The lowest BCUT2D eigenvalue weighted by Crippen LogP contribution is -2.48. The molecule has 1 atom stereocenters. The number of aromatic nitrogens is 2. The molecule has 1 aromatic heterocycles. The maximum atomic E-state index is 12.5. The maximum Gasteiger partial charge on any atom is 0.240 e. The molecule has 140 valence electrons. The monoisotopic (exact) mass is 378 g/mol. The first kappa shape index (κ1) is 18.8. The largest absolute Gasteiger partial charge is 0.374 e. The number of benzene rings is 1. The average Bonchev–Trinajstić information content (AvgIpc) is 3.12. The smallest absolute Gasteiger partial charge is 0.240 e.